The third-order valence-corrected chi connectivity index (χ3v) is 8.14. The highest BCUT2D eigenvalue weighted by Gasteiger charge is 2.41. The number of hydrogen-bond donors (Lipinski definition) is 0. The Bertz CT molecular complexity index is 1470. The second-order valence-corrected chi connectivity index (χ2v) is 11.0. The normalized spacial score (nSPS) is 17.6. The summed E-state index contributed by atoms with van der Waals surface area (Å²) < 4.78 is 74.3. The average molecular weight is 581 g/mol. The number of nitrogens with zero attached hydrogens (tertiary/aromatic N) is 2. The van der Waals surface area contributed by atoms with Crippen LogP contribution in [-0.2, 0) is 16.2 Å². The number of amides is 2. The van der Waals surface area contributed by atoms with Crippen molar-refractivity contribution in [1.29, 1.82) is 0 Å². The number of ether oxygens (including phenoxy) is 1. The molecule has 3 aromatic rings. The SMILES string of the molecule is O=C1c2ccccc2C(=O)N1C[C@H]1CN(S(=O)(=O)c2cccc(C(F)(F)F)c2)c2cc(Br)ccc2O1. The fourth-order valence-electron chi connectivity index (χ4n) is 4.18. The first kappa shape index (κ1) is 24.3. The van der Waals surface area contributed by atoms with Gasteiger partial charge in [0.2, 0.25) is 0 Å². The summed E-state index contributed by atoms with van der Waals surface area (Å²) in [5, 5.41) is 0. The quantitative estimate of drug-likeness (QED) is 0.417. The summed E-state index contributed by atoms with van der Waals surface area (Å²) in [4.78, 5) is 26.0. The lowest BCUT2D eigenvalue weighted by atomic mass is 10.1. The molecule has 0 bridgehead atoms. The minimum absolute atomic E-state index is 0.111. The molecule has 2 amide bonds. The molecule has 12 heteroatoms. The molecule has 5 rings (SSSR count). The maximum atomic E-state index is 13.6. The number of alkyl halides is 3. The number of imide groups is 1. The number of benzene rings is 3. The van der Waals surface area contributed by atoms with Crippen LogP contribution in [0.15, 0.2) is 76.1 Å². The van der Waals surface area contributed by atoms with Crippen molar-refractivity contribution in [2.24, 2.45) is 0 Å². The molecule has 0 saturated carbocycles. The second-order valence-electron chi connectivity index (χ2n) is 8.18. The molecule has 0 fully saturated rings. The van der Waals surface area contributed by atoms with Crippen LogP contribution in [0.3, 0.4) is 0 Å². The lowest BCUT2D eigenvalue weighted by Crippen LogP contribution is -2.49. The maximum absolute atomic E-state index is 13.6. The number of hydrogen-bond acceptors (Lipinski definition) is 5. The van der Waals surface area contributed by atoms with Crippen molar-refractivity contribution < 1.29 is 35.9 Å². The monoisotopic (exact) mass is 580 g/mol. The molecule has 1 atom stereocenters. The number of sulfonamides is 1. The van der Waals surface area contributed by atoms with Crippen LogP contribution < -0.4 is 9.04 Å². The van der Waals surface area contributed by atoms with Crippen LogP contribution in [0.1, 0.15) is 26.3 Å². The summed E-state index contributed by atoms with van der Waals surface area (Å²) >= 11 is 3.27. The maximum Gasteiger partial charge on any atom is 0.416 e. The van der Waals surface area contributed by atoms with E-state index in [9.17, 15) is 31.2 Å². The summed E-state index contributed by atoms with van der Waals surface area (Å²) in [5.41, 5.74) is -0.526. The minimum atomic E-state index is -4.73. The first-order chi connectivity index (χ1) is 17.0. The highest BCUT2D eigenvalue weighted by molar-refractivity contribution is 9.10. The fourth-order valence-corrected chi connectivity index (χ4v) is 6.07. The number of rotatable bonds is 4. The van der Waals surface area contributed by atoms with E-state index in [1.807, 2.05) is 0 Å². The molecule has 0 N–H and O–H groups in total. The molecular formula is C24H16BrF3N2O5S. The summed E-state index contributed by atoms with van der Waals surface area (Å²) in [6.07, 6.45) is -5.70. The van der Waals surface area contributed by atoms with E-state index in [1.165, 1.54) is 24.3 Å². The summed E-state index contributed by atoms with van der Waals surface area (Å²) in [5.74, 6) is -0.928. The summed E-state index contributed by atoms with van der Waals surface area (Å²) in [7, 11) is -4.48. The molecule has 0 saturated heterocycles. The van der Waals surface area contributed by atoms with Crippen molar-refractivity contribution >= 4 is 43.5 Å². The van der Waals surface area contributed by atoms with Crippen LogP contribution in [0.5, 0.6) is 5.75 Å². The predicted molar refractivity (Wildman–Crippen MR) is 126 cm³/mol. The molecular weight excluding hydrogens is 565 g/mol. The smallest absolute Gasteiger partial charge is 0.416 e. The summed E-state index contributed by atoms with van der Waals surface area (Å²) in [6.45, 7) is -0.591. The number of halogens is 4. The van der Waals surface area contributed by atoms with E-state index in [-0.39, 0.29) is 35.7 Å². The number of fused-ring (bicyclic) bond motifs is 2. The molecule has 0 spiro atoms. The lowest BCUT2D eigenvalue weighted by molar-refractivity contribution is -0.137. The lowest BCUT2D eigenvalue weighted by Gasteiger charge is -2.36. The Balaban J connectivity index is 1.51. The van der Waals surface area contributed by atoms with E-state index < -0.39 is 44.6 Å². The summed E-state index contributed by atoms with van der Waals surface area (Å²) in [6, 6.07) is 14.3. The zero-order chi connectivity index (χ0) is 25.8. The van der Waals surface area contributed by atoms with Gasteiger partial charge in [0, 0.05) is 4.47 Å². The molecule has 0 aliphatic carbocycles. The van der Waals surface area contributed by atoms with E-state index in [4.69, 9.17) is 4.74 Å². The van der Waals surface area contributed by atoms with Crippen molar-refractivity contribution in [2.75, 3.05) is 17.4 Å². The predicted octanol–water partition coefficient (Wildman–Crippen LogP) is 4.72. The van der Waals surface area contributed by atoms with Crippen molar-refractivity contribution in [1.82, 2.24) is 4.90 Å². The highest BCUT2D eigenvalue weighted by Crippen LogP contribution is 2.40. The molecule has 2 aliphatic heterocycles. The van der Waals surface area contributed by atoms with E-state index in [2.05, 4.69) is 15.9 Å². The molecule has 2 aliphatic rings. The Hall–Kier alpha value is -3.38. The van der Waals surface area contributed by atoms with Gasteiger partial charge in [-0.25, -0.2) is 8.42 Å². The van der Waals surface area contributed by atoms with Crippen LogP contribution >= 0.6 is 15.9 Å². The standard InChI is InChI=1S/C24H16BrF3N2O5S/c25-15-8-9-21-20(11-15)30(36(33,34)17-5-3-4-14(10-17)24(26,27)28)13-16(35-21)12-29-22(31)18-6-1-2-7-19(18)23(29)32/h1-11,16H,12-13H2/t16-/m0/s1. The first-order valence-corrected chi connectivity index (χ1v) is 12.8. The highest BCUT2D eigenvalue weighted by atomic mass is 79.9. The second kappa shape index (κ2) is 8.63. The van der Waals surface area contributed by atoms with Crippen molar-refractivity contribution in [2.45, 2.75) is 17.2 Å². The van der Waals surface area contributed by atoms with Crippen LogP contribution in [0.2, 0.25) is 0 Å². The zero-order valence-corrected chi connectivity index (χ0v) is 20.6. The van der Waals surface area contributed by atoms with Gasteiger partial charge in [0.05, 0.1) is 40.4 Å². The van der Waals surface area contributed by atoms with Gasteiger partial charge in [-0.3, -0.25) is 18.8 Å². The van der Waals surface area contributed by atoms with Crippen molar-refractivity contribution in [3.8, 4) is 5.75 Å². The molecule has 0 radical (unpaired) electrons. The third-order valence-electron chi connectivity index (χ3n) is 5.87. The third kappa shape index (κ3) is 4.13. The number of carbonyl (C=O) groups excluding carboxylic acids is 2. The van der Waals surface area contributed by atoms with E-state index in [0.29, 0.717) is 10.5 Å². The molecule has 3 aromatic carbocycles. The van der Waals surface area contributed by atoms with Crippen LogP contribution in [-0.4, -0.2) is 44.3 Å². The van der Waals surface area contributed by atoms with Crippen molar-refractivity contribution in [3.63, 3.8) is 0 Å². The molecule has 2 heterocycles. The van der Waals surface area contributed by atoms with Gasteiger partial charge in [0.1, 0.15) is 11.9 Å². The van der Waals surface area contributed by atoms with Gasteiger partial charge < -0.3 is 4.74 Å². The van der Waals surface area contributed by atoms with Gasteiger partial charge in [-0.15, -0.1) is 0 Å². The molecule has 0 aromatic heterocycles. The Morgan fingerprint density at radius 1 is 0.944 bits per heavy atom. The van der Waals surface area contributed by atoms with E-state index >= 15 is 0 Å². The molecule has 36 heavy (non-hydrogen) atoms. The van der Waals surface area contributed by atoms with E-state index in [0.717, 1.165) is 27.4 Å². The van der Waals surface area contributed by atoms with Gasteiger partial charge in [-0.2, -0.15) is 13.2 Å². The van der Waals surface area contributed by atoms with Gasteiger partial charge in [-0.1, -0.05) is 34.1 Å². The van der Waals surface area contributed by atoms with Gasteiger partial charge in [0.25, 0.3) is 21.8 Å². The largest absolute Gasteiger partial charge is 0.484 e. The Kier molecular flexibility index (Phi) is 5.83. The Morgan fingerprint density at radius 2 is 1.61 bits per heavy atom. The van der Waals surface area contributed by atoms with Crippen LogP contribution in [0, 0.1) is 0 Å². The van der Waals surface area contributed by atoms with Gasteiger partial charge >= 0.3 is 6.18 Å². The number of anilines is 1. The average Bonchev–Trinajstić information content (AvgIpc) is 3.08. The van der Waals surface area contributed by atoms with Crippen molar-refractivity contribution in [3.05, 3.63) is 87.9 Å². The molecule has 0 unspecified atom stereocenters. The first-order valence-electron chi connectivity index (χ1n) is 10.6. The van der Waals surface area contributed by atoms with Gasteiger partial charge in [0.15, 0.2) is 0 Å². The van der Waals surface area contributed by atoms with Crippen LogP contribution in [0.25, 0.3) is 0 Å². The Morgan fingerprint density at radius 3 is 2.25 bits per heavy atom. The molecule has 186 valence electrons. The molecule has 7 nitrogen and oxygen atoms in total. The zero-order valence-electron chi connectivity index (χ0n) is 18.2. The van der Waals surface area contributed by atoms with Crippen LogP contribution in [0.4, 0.5) is 18.9 Å². The number of carbonyl (C=O) groups is 2. The van der Waals surface area contributed by atoms with Gasteiger partial charge in [-0.05, 0) is 48.5 Å². The Labute approximate surface area is 212 Å². The van der Waals surface area contributed by atoms with E-state index in [1.54, 1.807) is 18.2 Å². The fraction of sp³-hybridized carbons (Fsp3) is 0.167. The topological polar surface area (TPSA) is 84.0 Å². The minimum Gasteiger partial charge on any atom is -0.484 e.